The third kappa shape index (κ3) is 3.22. The average Bonchev–Trinajstić information content (AvgIpc) is 2.59. The molecule has 1 fully saturated rings. The molecule has 0 unspecified atom stereocenters. The van der Waals surface area contributed by atoms with E-state index in [4.69, 9.17) is 5.73 Å². The second-order valence-electron chi connectivity index (χ2n) is 5.94. The van der Waals surface area contributed by atoms with E-state index in [1.807, 2.05) is 6.07 Å². The lowest BCUT2D eigenvalue weighted by Gasteiger charge is -2.37. The molecule has 0 spiro atoms. The van der Waals surface area contributed by atoms with Gasteiger partial charge in [0.1, 0.15) is 6.07 Å². The van der Waals surface area contributed by atoms with Gasteiger partial charge in [-0.05, 0) is 24.1 Å². The van der Waals surface area contributed by atoms with Crippen molar-refractivity contribution in [3.05, 3.63) is 47.5 Å². The van der Waals surface area contributed by atoms with Crippen LogP contribution in [0.5, 0.6) is 0 Å². The largest absolute Gasteiger partial charge is 0.393 e. The molecule has 1 aromatic carbocycles. The fourth-order valence-corrected chi connectivity index (χ4v) is 3.14. The van der Waals surface area contributed by atoms with Crippen molar-refractivity contribution >= 4 is 16.9 Å². The smallest absolute Gasteiger partial charge is 0.351 e. The zero-order valence-corrected chi connectivity index (χ0v) is 13.0. The highest BCUT2D eigenvalue weighted by Crippen LogP contribution is 2.40. The van der Waals surface area contributed by atoms with Gasteiger partial charge in [0, 0.05) is 30.6 Å². The van der Waals surface area contributed by atoms with Gasteiger partial charge in [0.15, 0.2) is 0 Å². The minimum Gasteiger partial charge on any atom is -0.351 e. The van der Waals surface area contributed by atoms with Gasteiger partial charge in [0.2, 0.25) is 0 Å². The van der Waals surface area contributed by atoms with Crippen LogP contribution in [0, 0.1) is 23.2 Å². The maximum Gasteiger partial charge on any atom is 0.393 e. The van der Waals surface area contributed by atoms with Gasteiger partial charge >= 0.3 is 12.2 Å². The zero-order valence-electron chi connectivity index (χ0n) is 13.0. The van der Waals surface area contributed by atoms with Crippen molar-refractivity contribution in [3.63, 3.8) is 0 Å². The Morgan fingerprint density at radius 3 is 2.76 bits per heavy atom. The van der Waals surface area contributed by atoms with Gasteiger partial charge in [-0.3, -0.25) is 4.98 Å². The number of carbonyl (C=O) groups is 1. The number of pyridine rings is 1. The summed E-state index contributed by atoms with van der Waals surface area (Å²) in [5.41, 5.74) is 6.55. The van der Waals surface area contributed by atoms with E-state index >= 15 is 0 Å². The molecular weight excluding hydrogens is 333 g/mol. The number of carbonyl (C=O) groups excluding carboxylic acids is 1. The number of aromatic nitrogens is 1. The fourth-order valence-electron chi connectivity index (χ4n) is 3.14. The van der Waals surface area contributed by atoms with E-state index in [1.54, 1.807) is 18.2 Å². The van der Waals surface area contributed by atoms with Crippen LogP contribution in [-0.4, -0.2) is 35.2 Å². The van der Waals surface area contributed by atoms with Crippen LogP contribution >= 0.6 is 0 Å². The van der Waals surface area contributed by atoms with E-state index in [-0.39, 0.29) is 13.0 Å². The quantitative estimate of drug-likeness (QED) is 0.861. The van der Waals surface area contributed by atoms with Crippen LogP contribution in [0.15, 0.2) is 30.5 Å². The molecule has 1 aliphatic rings. The molecular formula is C17H14F3N4O. The number of alkyl halides is 3. The fraction of sp³-hybridized carbons (Fsp3) is 0.294. The van der Waals surface area contributed by atoms with Gasteiger partial charge in [-0.25, -0.2) is 4.79 Å². The van der Waals surface area contributed by atoms with E-state index in [0.717, 1.165) is 4.90 Å². The predicted molar refractivity (Wildman–Crippen MR) is 84.1 cm³/mol. The van der Waals surface area contributed by atoms with Crippen LogP contribution in [0.4, 0.5) is 18.0 Å². The Balaban J connectivity index is 2.07. The maximum atomic E-state index is 13.3. The molecule has 2 heterocycles. The maximum absolute atomic E-state index is 13.3. The van der Waals surface area contributed by atoms with Crippen molar-refractivity contribution in [1.29, 1.82) is 5.26 Å². The van der Waals surface area contributed by atoms with E-state index in [2.05, 4.69) is 4.98 Å². The monoisotopic (exact) mass is 347 g/mol. The predicted octanol–water partition coefficient (Wildman–Crippen LogP) is 2.99. The molecule has 1 radical (unpaired) electrons. The van der Waals surface area contributed by atoms with Gasteiger partial charge in [0.25, 0.3) is 0 Å². The first-order valence-corrected chi connectivity index (χ1v) is 7.55. The molecule has 2 aromatic rings. The number of fused-ring (bicyclic) bond motifs is 1. The first-order valence-electron chi connectivity index (χ1n) is 7.55. The Morgan fingerprint density at radius 2 is 2.12 bits per heavy atom. The van der Waals surface area contributed by atoms with Gasteiger partial charge in [-0.2, -0.15) is 18.4 Å². The Kier molecular flexibility index (Phi) is 4.25. The van der Waals surface area contributed by atoms with E-state index in [9.17, 15) is 23.2 Å². The number of rotatable bonds is 1. The lowest BCUT2D eigenvalue weighted by atomic mass is 9.82. The number of nitrogens with two attached hydrogens (primary N) is 1. The SMILES string of the molecule is N#Cc1ccc([C]2C[C@H](C(F)(F)F)CN(C(N)=O)C2)c2cccnc12. The van der Waals surface area contributed by atoms with E-state index < -0.39 is 24.7 Å². The van der Waals surface area contributed by atoms with Crippen LogP contribution in [-0.2, 0) is 0 Å². The molecule has 5 nitrogen and oxygen atoms in total. The summed E-state index contributed by atoms with van der Waals surface area (Å²) in [4.78, 5) is 16.6. The standard InChI is InChI=1S/C17H14F3N4O/c18-17(19,20)12-6-11(8-24(9-12)16(22)25)13-4-3-10(7-21)15-14(13)2-1-5-23-15/h1-5,12H,6,8-9H2,(H2,22,25)/t12-/m0/s1. The van der Waals surface area contributed by atoms with Gasteiger partial charge < -0.3 is 10.6 Å². The number of nitrogens with zero attached hydrogens (tertiary/aromatic N) is 3. The second-order valence-corrected chi connectivity index (χ2v) is 5.94. The summed E-state index contributed by atoms with van der Waals surface area (Å²) in [6.07, 6.45) is -3.13. The zero-order chi connectivity index (χ0) is 18.2. The molecule has 2 N–H and O–H groups in total. The molecule has 2 amide bonds. The molecule has 129 valence electrons. The number of piperidine rings is 1. The van der Waals surface area contributed by atoms with Crippen molar-refractivity contribution in [2.75, 3.05) is 13.1 Å². The normalized spacial score (nSPS) is 19.0. The Bertz CT molecular complexity index is 859. The highest BCUT2D eigenvalue weighted by atomic mass is 19.4. The summed E-state index contributed by atoms with van der Waals surface area (Å²) in [6.45, 7) is -0.424. The van der Waals surface area contributed by atoms with Crippen LogP contribution < -0.4 is 5.73 Å². The minimum atomic E-state index is -4.43. The van der Waals surface area contributed by atoms with Crippen LogP contribution in [0.25, 0.3) is 10.9 Å². The second kappa shape index (κ2) is 6.24. The highest BCUT2D eigenvalue weighted by molar-refractivity contribution is 5.89. The molecule has 25 heavy (non-hydrogen) atoms. The van der Waals surface area contributed by atoms with Crippen molar-refractivity contribution in [2.45, 2.75) is 12.6 Å². The number of hydrogen-bond acceptors (Lipinski definition) is 3. The van der Waals surface area contributed by atoms with Gasteiger partial charge in [0.05, 0.1) is 17.0 Å². The molecule has 8 heteroatoms. The summed E-state index contributed by atoms with van der Waals surface area (Å²) in [5.74, 6) is -1.22. The Hall–Kier alpha value is -2.82. The van der Waals surface area contributed by atoms with Gasteiger partial charge in [-0.1, -0.05) is 12.1 Å². The van der Waals surface area contributed by atoms with Crippen LogP contribution in [0.1, 0.15) is 17.5 Å². The summed E-state index contributed by atoms with van der Waals surface area (Å²) in [5, 5.41) is 9.77. The summed E-state index contributed by atoms with van der Waals surface area (Å²) < 4.78 is 39.8. The van der Waals surface area contributed by atoms with Gasteiger partial charge in [-0.15, -0.1) is 0 Å². The van der Waals surface area contributed by atoms with Crippen LogP contribution in [0.3, 0.4) is 0 Å². The van der Waals surface area contributed by atoms with Crippen molar-refractivity contribution in [3.8, 4) is 6.07 Å². The first-order chi connectivity index (χ1) is 11.8. The molecule has 0 aliphatic carbocycles. The number of nitriles is 1. The number of primary amides is 1. The van der Waals surface area contributed by atoms with E-state index in [0.29, 0.717) is 27.9 Å². The number of likely N-dealkylation sites (tertiary alicyclic amines) is 1. The lowest BCUT2D eigenvalue weighted by molar-refractivity contribution is -0.181. The summed E-state index contributed by atoms with van der Waals surface area (Å²) >= 11 is 0. The number of benzene rings is 1. The third-order valence-electron chi connectivity index (χ3n) is 4.36. The minimum absolute atomic E-state index is 0.0256. The molecule has 1 saturated heterocycles. The summed E-state index contributed by atoms with van der Waals surface area (Å²) in [7, 11) is 0. The molecule has 1 aliphatic heterocycles. The van der Waals surface area contributed by atoms with Crippen LogP contribution in [0.2, 0.25) is 0 Å². The highest BCUT2D eigenvalue weighted by Gasteiger charge is 2.46. The number of halogens is 3. The van der Waals surface area contributed by atoms with Crippen molar-refractivity contribution in [2.24, 2.45) is 11.7 Å². The van der Waals surface area contributed by atoms with E-state index in [1.165, 1.54) is 12.3 Å². The molecule has 0 bridgehead atoms. The number of urea groups is 1. The van der Waals surface area contributed by atoms with Crippen molar-refractivity contribution in [1.82, 2.24) is 9.88 Å². The average molecular weight is 347 g/mol. The summed E-state index contributed by atoms with van der Waals surface area (Å²) in [6, 6.07) is 7.64. The molecule has 1 aromatic heterocycles. The third-order valence-corrected chi connectivity index (χ3v) is 4.36. The Labute approximate surface area is 141 Å². The molecule has 1 atom stereocenters. The Morgan fingerprint density at radius 1 is 1.36 bits per heavy atom. The topological polar surface area (TPSA) is 83.0 Å². The molecule has 0 saturated carbocycles. The van der Waals surface area contributed by atoms with Crippen molar-refractivity contribution < 1.29 is 18.0 Å². The number of amides is 2. The first kappa shape index (κ1) is 17.0. The lowest BCUT2D eigenvalue weighted by Crippen LogP contribution is -2.49. The molecule has 3 rings (SSSR count). The number of hydrogen-bond donors (Lipinski definition) is 1.